The molecule has 5 saturated heterocycles. The van der Waals surface area contributed by atoms with E-state index in [1.54, 1.807) is 13.8 Å². The van der Waals surface area contributed by atoms with Gasteiger partial charge in [-0.1, -0.05) is 34.6 Å². The van der Waals surface area contributed by atoms with E-state index < -0.39 is 76.4 Å². The van der Waals surface area contributed by atoms with Gasteiger partial charge in [-0.3, -0.25) is 24.0 Å². The first-order chi connectivity index (χ1) is 35.7. The van der Waals surface area contributed by atoms with Gasteiger partial charge in [-0.25, -0.2) is 4.79 Å². The fourth-order valence-corrected chi connectivity index (χ4v) is 15.0. The number of carbonyl (C=O) groups is 6. The summed E-state index contributed by atoms with van der Waals surface area (Å²) in [7, 11) is 0. The predicted octanol–water partition coefficient (Wildman–Crippen LogP) is 7.12. The van der Waals surface area contributed by atoms with Crippen LogP contribution in [0.25, 0.3) is 0 Å². The maximum Gasteiger partial charge on any atom is 0.350 e. The summed E-state index contributed by atoms with van der Waals surface area (Å²) in [4.78, 5) is 71.8. The maximum atomic E-state index is 12.6. The Labute approximate surface area is 455 Å². The Bertz CT molecular complexity index is 2200. The number of hydrogen-bond acceptors (Lipinski definition) is 18. The summed E-state index contributed by atoms with van der Waals surface area (Å²) in [5.41, 5.74) is -3.99. The first-order valence-electron chi connectivity index (χ1n) is 29.1. The van der Waals surface area contributed by atoms with Gasteiger partial charge in [0.05, 0.1) is 45.4 Å². The summed E-state index contributed by atoms with van der Waals surface area (Å²) in [6.07, 6.45) is 8.24. The summed E-state index contributed by atoms with van der Waals surface area (Å²) in [5.74, 6) is 0.760. The highest BCUT2D eigenvalue weighted by Crippen LogP contribution is 2.65. The minimum Gasteiger partial charge on any atom is -0.459 e. The quantitative estimate of drug-likeness (QED) is 0.106. The highest BCUT2D eigenvalue weighted by Gasteiger charge is 2.67. The Morgan fingerprint density at radius 3 is 1.65 bits per heavy atom. The molecule has 0 aromatic carbocycles. The average Bonchev–Trinajstić information content (AvgIpc) is 4.11. The first-order valence-corrected chi connectivity index (χ1v) is 29.1. The van der Waals surface area contributed by atoms with E-state index in [0.29, 0.717) is 32.1 Å². The van der Waals surface area contributed by atoms with Crippen LogP contribution in [0.2, 0.25) is 0 Å². The van der Waals surface area contributed by atoms with E-state index in [0.717, 1.165) is 56.3 Å². The van der Waals surface area contributed by atoms with Crippen LogP contribution in [-0.4, -0.2) is 134 Å². The van der Waals surface area contributed by atoms with E-state index in [1.807, 2.05) is 55.4 Å². The molecule has 13 aliphatic rings. The zero-order valence-electron chi connectivity index (χ0n) is 48.2. The lowest BCUT2D eigenvalue weighted by Gasteiger charge is -2.62. The largest absolute Gasteiger partial charge is 0.459 e. The van der Waals surface area contributed by atoms with Crippen molar-refractivity contribution < 1.29 is 87.1 Å². The summed E-state index contributed by atoms with van der Waals surface area (Å²) < 4.78 is 43.3. The van der Waals surface area contributed by atoms with Crippen LogP contribution in [0, 0.1) is 57.2 Å². The van der Waals surface area contributed by atoms with Crippen LogP contribution >= 0.6 is 0 Å². The van der Waals surface area contributed by atoms with E-state index in [2.05, 4.69) is 20.8 Å². The fraction of sp³-hybridized carbons (Fsp3) is 0.898. The highest BCUT2D eigenvalue weighted by atomic mass is 16.7. The van der Waals surface area contributed by atoms with Gasteiger partial charge in [-0.15, -0.1) is 0 Å². The third-order valence-corrected chi connectivity index (χ3v) is 20.6. The molecule has 0 spiro atoms. The molecular formula is C59H92O18. The van der Waals surface area contributed by atoms with Gasteiger partial charge in [-0.2, -0.15) is 0 Å². The third-order valence-electron chi connectivity index (χ3n) is 20.6. The third kappa shape index (κ3) is 11.6. The van der Waals surface area contributed by atoms with Crippen LogP contribution in [-0.2, 0) is 66.7 Å². The van der Waals surface area contributed by atoms with Crippen LogP contribution < -0.4 is 0 Å². The molecule has 0 radical (unpaired) electrons. The second-order valence-corrected chi connectivity index (χ2v) is 28.1. The molecule has 0 aromatic rings. The van der Waals surface area contributed by atoms with Crippen molar-refractivity contribution in [2.75, 3.05) is 0 Å². The van der Waals surface area contributed by atoms with Crippen molar-refractivity contribution in [2.24, 2.45) is 57.2 Å². The Morgan fingerprint density at radius 1 is 0.610 bits per heavy atom. The van der Waals surface area contributed by atoms with Gasteiger partial charge in [0.15, 0.2) is 24.6 Å². The monoisotopic (exact) mass is 1090 g/mol. The van der Waals surface area contributed by atoms with Gasteiger partial charge in [0.2, 0.25) is 6.10 Å². The highest BCUT2D eigenvalue weighted by molar-refractivity contribution is 5.84. The van der Waals surface area contributed by atoms with Gasteiger partial charge in [0.25, 0.3) is 0 Å². The molecule has 0 amide bonds. The SMILES string of the molecule is CCC(C)(C)C(=O)OC(C)(C)C12CC3CC(CC(C3)C1)C2.CCC(C)(C)C(=O)OC12CC3CC(O)(CC(O)(C3)C1)C2.CCC(C)(C)C(=O)OC1C(=O)OC2C(O)C(O)OC12.CCC(C)C(=O)OC1C2CC3C(=O)OC1C3O2. The Hall–Kier alpha value is -3.42. The van der Waals surface area contributed by atoms with Crippen LogP contribution in [0.1, 0.15) is 199 Å². The lowest BCUT2D eigenvalue weighted by atomic mass is 9.46. The molecule has 4 N–H and O–H groups in total. The number of hydrogen-bond donors (Lipinski definition) is 4. The summed E-state index contributed by atoms with van der Waals surface area (Å²) in [5, 5.41) is 40.2. The molecule has 436 valence electrons. The molecule has 0 aromatic heterocycles. The molecule has 13 unspecified atom stereocenters. The molecular weight excluding hydrogens is 997 g/mol. The van der Waals surface area contributed by atoms with Crippen molar-refractivity contribution in [3.05, 3.63) is 0 Å². The van der Waals surface area contributed by atoms with Crippen molar-refractivity contribution in [3.8, 4) is 0 Å². The molecule has 8 saturated carbocycles. The van der Waals surface area contributed by atoms with Gasteiger partial charge < -0.3 is 58.3 Å². The Morgan fingerprint density at radius 2 is 1.13 bits per heavy atom. The van der Waals surface area contributed by atoms with E-state index in [4.69, 9.17) is 37.9 Å². The van der Waals surface area contributed by atoms with Crippen LogP contribution in [0.3, 0.4) is 0 Å². The molecule has 18 nitrogen and oxygen atoms in total. The van der Waals surface area contributed by atoms with Crippen molar-refractivity contribution in [1.29, 1.82) is 0 Å². The maximum absolute atomic E-state index is 12.6. The minimum absolute atomic E-state index is 0.00857. The normalized spacial score (nSPS) is 41.6. The zero-order valence-corrected chi connectivity index (χ0v) is 48.2. The van der Waals surface area contributed by atoms with E-state index in [9.17, 15) is 49.2 Å². The number of aliphatic hydroxyl groups excluding tert-OH is 2. The first kappa shape index (κ1) is 59.7. The number of aliphatic hydroxyl groups is 4. The summed E-state index contributed by atoms with van der Waals surface area (Å²) in [6.45, 7) is 25.2. The molecule has 5 aliphatic heterocycles. The van der Waals surface area contributed by atoms with Crippen molar-refractivity contribution in [1.82, 2.24) is 0 Å². The van der Waals surface area contributed by atoms with Gasteiger partial charge in [-0.05, 0) is 169 Å². The molecule has 8 aliphatic carbocycles. The van der Waals surface area contributed by atoms with Gasteiger partial charge in [0.1, 0.15) is 29.5 Å². The Kier molecular flexibility index (Phi) is 16.4. The molecule has 10 bridgehead atoms. The van der Waals surface area contributed by atoms with E-state index >= 15 is 0 Å². The molecule has 18 heteroatoms. The molecule has 77 heavy (non-hydrogen) atoms. The Balaban J connectivity index is 0.000000136. The van der Waals surface area contributed by atoms with Crippen LogP contribution in [0.4, 0.5) is 0 Å². The number of ether oxygens (including phenoxy) is 8. The van der Waals surface area contributed by atoms with Crippen LogP contribution in [0.5, 0.6) is 0 Å². The van der Waals surface area contributed by atoms with E-state index in [-0.39, 0.29) is 76.4 Å². The second kappa shape index (κ2) is 21.2. The fourth-order valence-electron chi connectivity index (χ4n) is 15.0. The lowest BCUT2D eigenvalue weighted by molar-refractivity contribution is -0.264. The van der Waals surface area contributed by atoms with Gasteiger partial charge >= 0.3 is 35.8 Å². The predicted molar refractivity (Wildman–Crippen MR) is 276 cm³/mol. The van der Waals surface area contributed by atoms with Crippen molar-refractivity contribution in [3.63, 3.8) is 0 Å². The molecule has 13 rings (SSSR count). The standard InChI is InChI=1S/C19H32O2.C16H26O4.C12H18O7.C12H16O5/c1-6-17(2,3)16(20)21-18(4,5)19-10-13-7-14(11-19)9-15(8-13)12-19;1-4-13(2,3)12(17)20-16-7-11-5-14(18,9-16)8-15(19,6-11)10-16;1-4-12(2,3)11(16)19-8-7-6(17-10(8)15)5(13)9(14)18-7;1-3-5(2)11(13)16-9-7-4-6-8(15-7)10(9)17-12(6)14/h13-15H,6-12H2,1-5H3;11,18-19H,4-10H2,1-3H3;5-9,13-14H,4H2,1-3H3;5-10H,3-4H2,1-2H3. The lowest BCUT2D eigenvalue weighted by Crippen LogP contribution is -2.67. The number of carbonyl (C=O) groups excluding carboxylic acids is 6. The summed E-state index contributed by atoms with van der Waals surface area (Å²) >= 11 is 0. The van der Waals surface area contributed by atoms with Crippen LogP contribution in [0.15, 0.2) is 0 Å². The number of fused-ring (bicyclic) bond motifs is 2. The van der Waals surface area contributed by atoms with Crippen molar-refractivity contribution in [2.45, 2.75) is 277 Å². The molecule has 13 atom stereocenters. The number of esters is 6. The topological polar surface area (TPSA) is 257 Å². The van der Waals surface area contributed by atoms with E-state index in [1.165, 1.54) is 38.5 Å². The smallest absolute Gasteiger partial charge is 0.350 e. The minimum atomic E-state index is -1.44. The zero-order chi connectivity index (χ0) is 56.8. The van der Waals surface area contributed by atoms with Gasteiger partial charge in [0, 0.05) is 24.7 Å². The molecule has 5 heterocycles. The second-order valence-electron chi connectivity index (χ2n) is 28.1. The van der Waals surface area contributed by atoms with Crippen molar-refractivity contribution >= 4 is 35.8 Å². The molecule has 13 fully saturated rings. The summed E-state index contributed by atoms with van der Waals surface area (Å²) in [6, 6.07) is 0. The average molecular weight is 1090 g/mol. The number of rotatable bonds is 13.